The zero-order valence-electron chi connectivity index (χ0n) is 17.8. The monoisotopic (exact) mass is 399 g/mol. The van der Waals surface area contributed by atoms with Crippen molar-refractivity contribution in [1.29, 1.82) is 0 Å². The second-order valence-electron chi connectivity index (χ2n) is 9.11. The molecule has 6 nitrogen and oxygen atoms in total. The lowest BCUT2D eigenvalue weighted by Gasteiger charge is -2.42. The van der Waals surface area contributed by atoms with Crippen LogP contribution in [0.4, 0.5) is 4.79 Å². The lowest BCUT2D eigenvalue weighted by Crippen LogP contribution is -2.51. The number of benzene rings is 1. The smallest absolute Gasteiger partial charge is 0.325 e. The molecule has 0 unspecified atom stereocenters. The third-order valence-electron chi connectivity index (χ3n) is 6.98. The molecule has 1 aliphatic carbocycles. The lowest BCUT2D eigenvalue weighted by molar-refractivity contribution is -0.136. The Bertz CT molecular complexity index is 752. The first kappa shape index (κ1) is 21.3. The van der Waals surface area contributed by atoms with Crippen LogP contribution in [-0.2, 0) is 16.0 Å². The summed E-state index contributed by atoms with van der Waals surface area (Å²) in [5.41, 5.74) is 0.557. The topological polar surface area (TPSA) is 78.5 Å². The van der Waals surface area contributed by atoms with Gasteiger partial charge < -0.3 is 10.6 Å². The minimum absolute atomic E-state index is 0.217. The number of nitrogens with zero attached hydrogens (tertiary/aromatic N) is 1. The molecular weight excluding hydrogens is 366 g/mol. The van der Waals surface area contributed by atoms with E-state index in [1.165, 1.54) is 0 Å². The van der Waals surface area contributed by atoms with Gasteiger partial charge in [0.2, 0.25) is 5.91 Å². The third-order valence-corrected chi connectivity index (χ3v) is 6.98. The summed E-state index contributed by atoms with van der Waals surface area (Å²) in [6, 6.07) is 9.43. The SMILES string of the molecule is CCC(C)(C)C1CCC2(CC1)NC(=O)N(CC(=O)NCCc1ccccc1)C2=O. The van der Waals surface area contributed by atoms with Crippen molar-refractivity contribution in [3.05, 3.63) is 35.9 Å². The van der Waals surface area contributed by atoms with Gasteiger partial charge in [0.25, 0.3) is 5.91 Å². The van der Waals surface area contributed by atoms with Gasteiger partial charge in [-0.1, -0.05) is 57.5 Å². The Balaban J connectivity index is 1.52. The van der Waals surface area contributed by atoms with Crippen LogP contribution in [0.15, 0.2) is 30.3 Å². The summed E-state index contributed by atoms with van der Waals surface area (Å²) in [6.07, 6.45) is 4.95. The van der Waals surface area contributed by atoms with Crippen LogP contribution in [0.1, 0.15) is 58.4 Å². The first-order valence-electron chi connectivity index (χ1n) is 10.7. The van der Waals surface area contributed by atoms with Gasteiger partial charge in [0.1, 0.15) is 12.1 Å². The Labute approximate surface area is 173 Å². The molecule has 2 fully saturated rings. The van der Waals surface area contributed by atoms with Gasteiger partial charge in [0, 0.05) is 6.54 Å². The highest BCUT2D eigenvalue weighted by atomic mass is 16.2. The van der Waals surface area contributed by atoms with E-state index in [0.717, 1.165) is 29.7 Å². The standard InChI is InChI=1S/C23H33N3O3/c1-4-22(2,3)18-10-13-23(14-11-18)20(28)26(21(29)25-23)16-19(27)24-15-12-17-8-6-5-7-9-17/h5-9,18H,4,10-16H2,1-3H3,(H,24,27)(H,25,29). The van der Waals surface area contributed by atoms with Crippen molar-refractivity contribution in [2.24, 2.45) is 11.3 Å². The average Bonchev–Trinajstić information content (AvgIpc) is 2.93. The molecule has 0 bridgehead atoms. The van der Waals surface area contributed by atoms with Gasteiger partial charge in [-0.3, -0.25) is 14.5 Å². The highest BCUT2D eigenvalue weighted by Gasteiger charge is 2.53. The van der Waals surface area contributed by atoms with Crippen molar-refractivity contribution in [3.8, 4) is 0 Å². The number of hydrogen-bond acceptors (Lipinski definition) is 3. The molecule has 4 amide bonds. The third kappa shape index (κ3) is 4.62. The van der Waals surface area contributed by atoms with Crippen molar-refractivity contribution in [1.82, 2.24) is 15.5 Å². The molecule has 0 aromatic heterocycles. The highest BCUT2D eigenvalue weighted by Crippen LogP contribution is 2.45. The van der Waals surface area contributed by atoms with Crippen molar-refractivity contribution < 1.29 is 14.4 Å². The molecule has 1 spiro atoms. The minimum atomic E-state index is -0.818. The van der Waals surface area contributed by atoms with E-state index in [4.69, 9.17) is 0 Å². The molecule has 1 aliphatic heterocycles. The quantitative estimate of drug-likeness (QED) is 0.691. The lowest BCUT2D eigenvalue weighted by atomic mass is 9.65. The van der Waals surface area contributed by atoms with E-state index in [1.54, 1.807) is 0 Å². The molecule has 2 aliphatic rings. The fourth-order valence-corrected chi connectivity index (χ4v) is 4.53. The van der Waals surface area contributed by atoms with Crippen LogP contribution in [0.25, 0.3) is 0 Å². The van der Waals surface area contributed by atoms with Crippen LogP contribution < -0.4 is 10.6 Å². The summed E-state index contributed by atoms with van der Waals surface area (Å²) in [7, 11) is 0. The Morgan fingerprint density at radius 2 is 1.86 bits per heavy atom. The second-order valence-corrected chi connectivity index (χ2v) is 9.11. The maximum atomic E-state index is 13.0. The van der Waals surface area contributed by atoms with Crippen molar-refractivity contribution in [2.75, 3.05) is 13.1 Å². The Morgan fingerprint density at radius 3 is 2.48 bits per heavy atom. The zero-order valence-corrected chi connectivity index (χ0v) is 17.8. The van der Waals surface area contributed by atoms with Crippen molar-refractivity contribution >= 4 is 17.8 Å². The van der Waals surface area contributed by atoms with Gasteiger partial charge in [0.15, 0.2) is 0 Å². The molecule has 29 heavy (non-hydrogen) atoms. The molecule has 6 heteroatoms. The molecule has 2 N–H and O–H groups in total. The van der Waals surface area contributed by atoms with Crippen molar-refractivity contribution in [2.45, 2.75) is 64.8 Å². The van der Waals surface area contributed by atoms with Gasteiger partial charge in [-0.15, -0.1) is 0 Å². The number of hydrogen-bond donors (Lipinski definition) is 2. The molecule has 0 atom stereocenters. The predicted molar refractivity (Wildman–Crippen MR) is 112 cm³/mol. The number of urea groups is 1. The van der Waals surface area contributed by atoms with Gasteiger partial charge >= 0.3 is 6.03 Å². The van der Waals surface area contributed by atoms with E-state index in [-0.39, 0.29) is 23.8 Å². The molecule has 3 rings (SSSR count). The number of nitrogens with one attached hydrogen (secondary N) is 2. The number of carbonyl (C=O) groups excluding carboxylic acids is 3. The Hall–Kier alpha value is -2.37. The van der Waals surface area contributed by atoms with Crippen molar-refractivity contribution in [3.63, 3.8) is 0 Å². The van der Waals surface area contributed by atoms with Crippen LogP contribution >= 0.6 is 0 Å². The normalized spacial score (nSPS) is 24.7. The van der Waals surface area contributed by atoms with E-state index < -0.39 is 11.6 Å². The molecule has 1 saturated heterocycles. The van der Waals surface area contributed by atoms with Crippen LogP contribution in [0, 0.1) is 11.3 Å². The van der Waals surface area contributed by atoms with Crippen LogP contribution in [-0.4, -0.2) is 41.4 Å². The molecule has 1 aromatic carbocycles. The maximum Gasteiger partial charge on any atom is 0.325 e. The Morgan fingerprint density at radius 1 is 1.21 bits per heavy atom. The average molecular weight is 400 g/mol. The van der Waals surface area contributed by atoms with Gasteiger partial charge in [-0.2, -0.15) is 0 Å². The van der Waals surface area contributed by atoms with E-state index in [1.807, 2.05) is 30.3 Å². The molecule has 1 heterocycles. The molecule has 158 valence electrons. The second kappa shape index (κ2) is 8.56. The van der Waals surface area contributed by atoms with E-state index in [0.29, 0.717) is 31.7 Å². The predicted octanol–water partition coefficient (Wildman–Crippen LogP) is 3.26. The minimum Gasteiger partial charge on any atom is -0.354 e. The van der Waals surface area contributed by atoms with E-state index >= 15 is 0 Å². The summed E-state index contributed by atoms with van der Waals surface area (Å²) in [4.78, 5) is 38.8. The summed E-state index contributed by atoms with van der Waals surface area (Å²) >= 11 is 0. The number of rotatable bonds is 7. The van der Waals surface area contributed by atoms with Gasteiger partial charge in [-0.05, 0) is 49.0 Å². The van der Waals surface area contributed by atoms with Crippen LogP contribution in [0.3, 0.4) is 0 Å². The largest absolute Gasteiger partial charge is 0.354 e. The van der Waals surface area contributed by atoms with Gasteiger partial charge in [-0.25, -0.2) is 4.79 Å². The molecule has 1 saturated carbocycles. The van der Waals surface area contributed by atoms with E-state index in [9.17, 15) is 14.4 Å². The summed E-state index contributed by atoms with van der Waals surface area (Å²) in [5, 5.41) is 5.72. The number of imide groups is 1. The fraction of sp³-hybridized carbons (Fsp3) is 0.609. The summed E-state index contributed by atoms with van der Waals surface area (Å²) in [5.74, 6) is 0.00825. The summed E-state index contributed by atoms with van der Waals surface area (Å²) in [6.45, 7) is 7.01. The molecule has 1 aromatic rings. The number of carbonyl (C=O) groups is 3. The number of amides is 4. The van der Waals surface area contributed by atoms with Gasteiger partial charge in [0.05, 0.1) is 0 Å². The zero-order chi connectivity index (χ0) is 21.1. The van der Waals surface area contributed by atoms with Crippen LogP contribution in [0.2, 0.25) is 0 Å². The molecule has 0 radical (unpaired) electrons. The highest BCUT2D eigenvalue weighted by molar-refractivity contribution is 6.09. The molecular formula is C23H33N3O3. The first-order valence-corrected chi connectivity index (χ1v) is 10.7. The van der Waals surface area contributed by atoms with Crippen LogP contribution in [0.5, 0.6) is 0 Å². The Kier molecular flexibility index (Phi) is 6.30. The van der Waals surface area contributed by atoms with E-state index in [2.05, 4.69) is 31.4 Å². The first-order chi connectivity index (χ1) is 13.8. The maximum absolute atomic E-state index is 13.0. The summed E-state index contributed by atoms with van der Waals surface area (Å²) < 4.78 is 0. The fourth-order valence-electron chi connectivity index (χ4n) is 4.53.